The number of anilines is 1. The predicted molar refractivity (Wildman–Crippen MR) is 93.3 cm³/mol. The van der Waals surface area contributed by atoms with Gasteiger partial charge in [-0.1, -0.05) is 0 Å². The van der Waals surface area contributed by atoms with E-state index in [0.717, 1.165) is 30.1 Å². The van der Waals surface area contributed by atoms with E-state index in [1.165, 1.54) is 4.88 Å². The lowest BCUT2D eigenvalue weighted by Crippen LogP contribution is -2.33. The molecule has 4 heterocycles. The summed E-state index contributed by atoms with van der Waals surface area (Å²) >= 11 is 3.20. The highest BCUT2D eigenvalue weighted by Gasteiger charge is 2.49. The Balaban J connectivity index is 1.50. The van der Waals surface area contributed by atoms with Gasteiger partial charge in [-0.15, -0.1) is 11.3 Å². The van der Waals surface area contributed by atoms with E-state index in [4.69, 9.17) is 0 Å². The van der Waals surface area contributed by atoms with Crippen molar-refractivity contribution in [3.8, 4) is 0 Å². The van der Waals surface area contributed by atoms with E-state index in [1.807, 2.05) is 32.7 Å². The number of nitrogens with zero attached hydrogens (tertiary/aromatic N) is 2. The van der Waals surface area contributed by atoms with Crippen LogP contribution >= 0.6 is 22.7 Å². The molecule has 2 aromatic rings. The van der Waals surface area contributed by atoms with Gasteiger partial charge in [-0.2, -0.15) is 11.3 Å². The van der Waals surface area contributed by atoms with Gasteiger partial charge in [-0.25, -0.2) is 0 Å². The lowest BCUT2D eigenvalue weighted by atomic mass is 9.86. The monoisotopic (exact) mass is 346 g/mol. The van der Waals surface area contributed by atoms with E-state index in [1.54, 1.807) is 22.7 Å². The standard InChI is InChI=1S/C17H18N2O2S2/c1-12-2-3-15(23-12)19-11-17(8-14(19)20)5-6-18(10-17)16(21)13-4-7-22-9-13/h2-4,7,9H,5-6,8,10-11H2,1H3/t17-/m0/s1. The minimum Gasteiger partial charge on any atom is -0.338 e. The first-order valence-electron chi connectivity index (χ1n) is 7.75. The van der Waals surface area contributed by atoms with Crippen LogP contribution in [0.4, 0.5) is 5.00 Å². The molecule has 0 unspecified atom stereocenters. The summed E-state index contributed by atoms with van der Waals surface area (Å²) in [6, 6.07) is 5.96. The molecule has 0 aromatic carbocycles. The Morgan fingerprint density at radius 1 is 1.26 bits per heavy atom. The summed E-state index contributed by atoms with van der Waals surface area (Å²) in [6.07, 6.45) is 1.47. The Bertz CT molecular complexity index is 752. The molecule has 2 saturated heterocycles. The summed E-state index contributed by atoms with van der Waals surface area (Å²) in [5.74, 6) is 0.290. The lowest BCUT2D eigenvalue weighted by Gasteiger charge is -2.23. The second-order valence-electron chi connectivity index (χ2n) is 6.53. The van der Waals surface area contributed by atoms with Gasteiger partial charge < -0.3 is 9.80 Å². The van der Waals surface area contributed by atoms with Crippen LogP contribution < -0.4 is 4.90 Å². The van der Waals surface area contributed by atoms with E-state index >= 15 is 0 Å². The highest BCUT2D eigenvalue weighted by atomic mass is 32.1. The summed E-state index contributed by atoms with van der Waals surface area (Å²) in [5, 5.41) is 4.86. The third kappa shape index (κ3) is 2.60. The van der Waals surface area contributed by atoms with Gasteiger partial charge in [0.15, 0.2) is 0 Å². The van der Waals surface area contributed by atoms with Gasteiger partial charge in [0.1, 0.15) is 0 Å². The van der Waals surface area contributed by atoms with E-state index in [0.29, 0.717) is 13.0 Å². The number of hydrogen-bond acceptors (Lipinski definition) is 4. The van der Waals surface area contributed by atoms with Crippen molar-refractivity contribution in [2.24, 2.45) is 5.41 Å². The Morgan fingerprint density at radius 3 is 2.83 bits per heavy atom. The number of rotatable bonds is 2. The molecule has 120 valence electrons. The molecular weight excluding hydrogens is 328 g/mol. The normalized spacial score (nSPS) is 24.1. The van der Waals surface area contributed by atoms with Crippen LogP contribution in [-0.2, 0) is 4.79 Å². The van der Waals surface area contributed by atoms with E-state index in [9.17, 15) is 9.59 Å². The van der Waals surface area contributed by atoms with Gasteiger partial charge in [0, 0.05) is 41.7 Å². The van der Waals surface area contributed by atoms with Crippen molar-refractivity contribution in [2.45, 2.75) is 19.8 Å². The molecule has 2 aliphatic rings. The molecule has 4 rings (SSSR count). The van der Waals surface area contributed by atoms with Crippen LogP contribution in [0.5, 0.6) is 0 Å². The van der Waals surface area contributed by atoms with Crippen molar-refractivity contribution < 1.29 is 9.59 Å². The quantitative estimate of drug-likeness (QED) is 0.836. The van der Waals surface area contributed by atoms with E-state index in [-0.39, 0.29) is 17.2 Å². The number of hydrogen-bond donors (Lipinski definition) is 0. The fourth-order valence-corrected chi connectivity index (χ4v) is 5.12. The number of thiophene rings is 2. The Kier molecular flexibility index (Phi) is 3.54. The van der Waals surface area contributed by atoms with Crippen molar-refractivity contribution in [2.75, 3.05) is 24.5 Å². The summed E-state index contributed by atoms with van der Waals surface area (Å²) < 4.78 is 0. The molecular formula is C17H18N2O2S2. The Morgan fingerprint density at radius 2 is 2.13 bits per heavy atom. The molecule has 23 heavy (non-hydrogen) atoms. The highest BCUT2D eigenvalue weighted by molar-refractivity contribution is 7.16. The minimum absolute atomic E-state index is 0.0688. The zero-order valence-corrected chi connectivity index (χ0v) is 14.6. The first-order chi connectivity index (χ1) is 11.1. The average Bonchev–Trinajstić information content (AvgIpc) is 3.28. The molecule has 4 nitrogen and oxygen atoms in total. The molecule has 6 heteroatoms. The molecule has 2 aliphatic heterocycles. The predicted octanol–water partition coefficient (Wildman–Crippen LogP) is 3.39. The first kappa shape index (κ1) is 14.9. The number of likely N-dealkylation sites (tertiary alicyclic amines) is 1. The van der Waals surface area contributed by atoms with Gasteiger partial charge in [0.25, 0.3) is 5.91 Å². The topological polar surface area (TPSA) is 40.6 Å². The number of aryl methyl sites for hydroxylation is 1. The molecule has 0 N–H and O–H groups in total. The van der Waals surface area contributed by atoms with Crippen LogP contribution in [0.15, 0.2) is 29.0 Å². The summed E-state index contributed by atoms with van der Waals surface area (Å²) in [7, 11) is 0. The smallest absolute Gasteiger partial charge is 0.254 e. The molecule has 0 aliphatic carbocycles. The minimum atomic E-state index is -0.0688. The Hall–Kier alpha value is -1.66. The van der Waals surface area contributed by atoms with Crippen molar-refractivity contribution >= 4 is 39.5 Å². The van der Waals surface area contributed by atoms with Gasteiger partial charge in [-0.05, 0) is 36.9 Å². The van der Waals surface area contributed by atoms with Crippen molar-refractivity contribution in [3.63, 3.8) is 0 Å². The maximum absolute atomic E-state index is 12.5. The zero-order chi connectivity index (χ0) is 16.0. The van der Waals surface area contributed by atoms with Crippen LogP contribution in [0.2, 0.25) is 0 Å². The lowest BCUT2D eigenvalue weighted by molar-refractivity contribution is -0.117. The highest BCUT2D eigenvalue weighted by Crippen LogP contribution is 2.43. The second kappa shape index (κ2) is 5.46. The molecule has 2 aromatic heterocycles. The number of carbonyl (C=O) groups is 2. The largest absolute Gasteiger partial charge is 0.338 e. The van der Waals surface area contributed by atoms with Crippen molar-refractivity contribution in [3.05, 3.63) is 39.4 Å². The molecule has 0 radical (unpaired) electrons. The second-order valence-corrected chi connectivity index (χ2v) is 8.58. The van der Waals surface area contributed by atoms with Crippen LogP contribution in [0, 0.1) is 12.3 Å². The molecule has 0 saturated carbocycles. The average molecular weight is 346 g/mol. The Labute approximate surface area is 143 Å². The number of amides is 2. The molecule has 2 fully saturated rings. The van der Waals surface area contributed by atoms with Crippen LogP contribution in [0.1, 0.15) is 28.1 Å². The summed E-state index contributed by atoms with van der Waals surface area (Å²) in [4.78, 5) is 30.0. The van der Waals surface area contributed by atoms with Gasteiger partial charge in [-0.3, -0.25) is 9.59 Å². The van der Waals surface area contributed by atoms with Crippen molar-refractivity contribution in [1.82, 2.24) is 4.90 Å². The third-order valence-corrected chi connectivity index (χ3v) is 6.51. The summed E-state index contributed by atoms with van der Waals surface area (Å²) in [5.41, 5.74) is 0.697. The molecule has 1 spiro atoms. The van der Waals surface area contributed by atoms with Crippen LogP contribution in [0.25, 0.3) is 0 Å². The molecule has 2 amide bonds. The van der Waals surface area contributed by atoms with E-state index in [2.05, 4.69) is 13.0 Å². The molecule has 0 bridgehead atoms. The first-order valence-corrected chi connectivity index (χ1v) is 9.51. The van der Waals surface area contributed by atoms with Crippen molar-refractivity contribution in [1.29, 1.82) is 0 Å². The maximum Gasteiger partial charge on any atom is 0.254 e. The van der Waals surface area contributed by atoms with Crippen LogP contribution in [0.3, 0.4) is 0 Å². The third-order valence-electron chi connectivity index (χ3n) is 4.81. The van der Waals surface area contributed by atoms with Gasteiger partial charge in [0.05, 0.1) is 10.6 Å². The fourth-order valence-electron chi connectivity index (χ4n) is 3.61. The summed E-state index contributed by atoms with van der Waals surface area (Å²) in [6.45, 7) is 4.23. The van der Waals surface area contributed by atoms with Gasteiger partial charge in [0.2, 0.25) is 5.91 Å². The van der Waals surface area contributed by atoms with Crippen LogP contribution in [-0.4, -0.2) is 36.3 Å². The molecule has 1 atom stereocenters. The van der Waals surface area contributed by atoms with E-state index < -0.39 is 0 Å². The fraction of sp³-hybridized carbons (Fsp3) is 0.412. The zero-order valence-electron chi connectivity index (χ0n) is 12.9. The SMILES string of the molecule is Cc1ccc(N2C[C@@]3(CCN(C(=O)c4ccsc4)C3)CC2=O)s1. The maximum atomic E-state index is 12.5. The number of carbonyl (C=O) groups excluding carboxylic acids is 2. The van der Waals surface area contributed by atoms with Gasteiger partial charge >= 0.3 is 0 Å².